The standard InChI is InChI=1S/C9H20N2O2.C2H6.H2/c1-8(2)11(4)9(12)7-13-6-5-10-3;1-2;/h8,10H,5-7H2,1-4H3;1-2H3;1H. The van der Waals surface area contributed by atoms with Crippen LogP contribution in [0.2, 0.25) is 0 Å². The minimum absolute atomic E-state index is 0. The first kappa shape index (κ1) is 16.8. The molecule has 0 saturated carbocycles. The van der Waals surface area contributed by atoms with Gasteiger partial charge in [-0.05, 0) is 20.9 Å². The number of carbonyl (C=O) groups is 1. The number of nitrogens with zero attached hydrogens (tertiary/aromatic N) is 1. The minimum Gasteiger partial charge on any atom is -0.370 e. The highest BCUT2D eigenvalue weighted by molar-refractivity contribution is 5.77. The topological polar surface area (TPSA) is 41.6 Å². The summed E-state index contributed by atoms with van der Waals surface area (Å²) in [5.41, 5.74) is 0. The van der Waals surface area contributed by atoms with Crippen LogP contribution in [0.4, 0.5) is 0 Å². The van der Waals surface area contributed by atoms with E-state index in [4.69, 9.17) is 4.74 Å². The van der Waals surface area contributed by atoms with Crippen LogP contribution in [0, 0.1) is 0 Å². The predicted octanol–water partition coefficient (Wildman–Crippen LogP) is 1.36. The van der Waals surface area contributed by atoms with Crippen molar-refractivity contribution in [1.82, 2.24) is 10.2 Å². The van der Waals surface area contributed by atoms with Crippen LogP contribution in [0.1, 0.15) is 29.1 Å². The minimum atomic E-state index is 0. The number of nitrogens with one attached hydrogen (secondary N) is 1. The van der Waals surface area contributed by atoms with E-state index in [9.17, 15) is 4.79 Å². The highest BCUT2D eigenvalue weighted by atomic mass is 16.5. The quantitative estimate of drug-likeness (QED) is 0.687. The van der Waals surface area contributed by atoms with Gasteiger partial charge in [0.1, 0.15) is 6.61 Å². The number of rotatable bonds is 6. The second kappa shape index (κ2) is 11.5. The molecule has 1 N–H and O–H groups in total. The van der Waals surface area contributed by atoms with Crippen molar-refractivity contribution in [3.05, 3.63) is 0 Å². The lowest BCUT2D eigenvalue weighted by atomic mass is 10.3. The molecular formula is C11H28N2O2. The largest absolute Gasteiger partial charge is 0.370 e. The molecule has 0 aromatic carbocycles. The summed E-state index contributed by atoms with van der Waals surface area (Å²) >= 11 is 0. The number of hydrogen-bond acceptors (Lipinski definition) is 3. The normalized spacial score (nSPS) is 9.53. The van der Waals surface area contributed by atoms with Crippen molar-refractivity contribution in [3.8, 4) is 0 Å². The predicted molar refractivity (Wildman–Crippen MR) is 66.1 cm³/mol. The Balaban J connectivity index is -0.000000529. The number of amides is 1. The van der Waals surface area contributed by atoms with Gasteiger partial charge in [-0.25, -0.2) is 0 Å². The highest BCUT2D eigenvalue weighted by Gasteiger charge is 2.10. The fraction of sp³-hybridized carbons (Fsp3) is 0.909. The molecule has 0 heterocycles. The number of carbonyl (C=O) groups excluding carboxylic acids is 1. The van der Waals surface area contributed by atoms with Gasteiger partial charge >= 0.3 is 0 Å². The average Bonchev–Trinajstić information content (AvgIpc) is 2.25. The van der Waals surface area contributed by atoms with E-state index in [-0.39, 0.29) is 20.0 Å². The lowest BCUT2D eigenvalue weighted by molar-refractivity contribution is -0.136. The third-order valence-electron chi connectivity index (χ3n) is 1.89. The van der Waals surface area contributed by atoms with E-state index in [0.29, 0.717) is 6.61 Å². The Hall–Kier alpha value is -0.610. The van der Waals surface area contributed by atoms with Crippen LogP contribution in [-0.2, 0) is 9.53 Å². The Kier molecular flexibility index (Phi) is 12.8. The first-order chi connectivity index (χ1) is 7.09. The van der Waals surface area contributed by atoms with Crippen LogP contribution in [0.3, 0.4) is 0 Å². The number of likely N-dealkylation sites (N-methyl/N-ethyl adjacent to an activating group) is 2. The summed E-state index contributed by atoms with van der Waals surface area (Å²) in [5, 5.41) is 2.94. The molecule has 0 aliphatic heterocycles. The van der Waals surface area contributed by atoms with Gasteiger partial charge in [-0.3, -0.25) is 4.79 Å². The lowest BCUT2D eigenvalue weighted by Gasteiger charge is -2.21. The Bertz CT molecular complexity index is 155. The van der Waals surface area contributed by atoms with Crippen LogP contribution >= 0.6 is 0 Å². The molecule has 0 unspecified atom stereocenters. The van der Waals surface area contributed by atoms with Gasteiger partial charge in [-0.2, -0.15) is 0 Å². The highest BCUT2D eigenvalue weighted by Crippen LogP contribution is 1.94. The molecule has 1 amide bonds. The molecule has 0 aliphatic carbocycles. The fourth-order valence-electron chi connectivity index (χ4n) is 0.724. The van der Waals surface area contributed by atoms with Gasteiger partial charge in [-0.15, -0.1) is 0 Å². The molecule has 4 nitrogen and oxygen atoms in total. The van der Waals surface area contributed by atoms with Gasteiger partial charge in [-0.1, -0.05) is 13.8 Å². The molecule has 0 saturated heterocycles. The van der Waals surface area contributed by atoms with Crippen molar-refractivity contribution in [1.29, 1.82) is 0 Å². The maximum atomic E-state index is 11.3. The first-order valence-electron chi connectivity index (χ1n) is 5.57. The third-order valence-corrected chi connectivity index (χ3v) is 1.89. The van der Waals surface area contributed by atoms with E-state index in [1.807, 2.05) is 34.7 Å². The van der Waals surface area contributed by atoms with Crippen LogP contribution in [-0.4, -0.2) is 50.7 Å². The van der Waals surface area contributed by atoms with Crippen molar-refractivity contribution >= 4 is 5.91 Å². The van der Waals surface area contributed by atoms with Gasteiger partial charge < -0.3 is 15.0 Å². The Morgan fingerprint density at radius 2 is 2.00 bits per heavy atom. The van der Waals surface area contributed by atoms with E-state index < -0.39 is 0 Å². The number of hydrogen-bond donors (Lipinski definition) is 1. The lowest BCUT2D eigenvalue weighted by Crippen LogP contribution is -2.36. The van der Waals surface area contributed by atoms with Gasteiger partial charge in [0.15, 0.2) is 0 Å². The van der Waals surface area contributed by atoms with E-state index in [1.54, 1.807) is 11.9 Å². The maximum absolute atomic E-state index is 11.3. The molecule has 0 atom stereocenters. The monoisotopic (exact) mass is 220 g/mol. The van der Waals surface area contributed by atoms with Crippen molar-refractivity contribution < 1.29 is 11.0 Å². The van der Waals surface area contributed by atoms with Crippen LogP contribution < -0.4 is 5.32 Å². The van der Waals surface area contributed by atoms with Crippen molar-refractivity contribution in [2.45, 2.75) is 33.7 Å². The summed E-state index contributed by atoms with van der Waals surface area (Å²) in [6.07, 6.45) is 0. The van der Waals surface area contributed by atoms with Gasteiger partial charge in [0, 0.05) is 21.1 Å². The summed E-state index contributed by atoms with van der Waals surface area (Å²) in [6.45, 7) is 9.49. The van der Waals surface area contributed by atoms with E-state index in [1.165, 1.54) is 0 Å². The zero-order chi connectivity index (χ0) is 12.3. The van der Waals surface area contributed by atoms with Crippen LogP contribution in [0.5, 0.6) is 0 Å². The third kappa shape index (κ3) is 9.69. The molecule has 0 aliphatic rings. The zero-order valence-corrected chi connectivity index (χ0v) is 11.0. The van der Waals surface area contributed by atoms with Gasteiger partial charge in [0.05, 0.1) is 6.61 Å². The maximum Gasteiger partial charge on any atom is 0.248 e. The second-order valence-electron chi connectivity index (χ2n) is 3.25. The molecule has 0 rings (SSSR count). The average molecular weight is 220 g/mol. The molecular weight excluding hydrogens is 192 g/mol. The molecule has 94 valence electrons. The molecule has 0 aromatic rings. The molecule has 0 bridgehead atoms. The summed E-state index contributed by atoms with van der Waals surface area (Å²) in [6, 6.07) is 0.236. The Morgan fingerprint density at radius 1 is 1.47 bits per heavy atom. The summed E-state index contributed by atoms with van der Waals surface area (Å²) < 4.78 is 5.15. The Morgan fingerprint density at radius 3 is 2.40 bits per heavy atom. The van der Waals surface area contributed by atoms with E-state index in [0.717, 1.165) is 6.54 Å². The molecule has 0 radical (unpaired) electrons. The number of ether oxygens (including phenoxy) is 1. The second-order valence-corrected chi connectivity index (χ2v) is 3.25. The molecule has 15 heavy (non-hydrogen) atoms. The molecule has 4 heteroatoms. The van der Waals surface area contributed by atoms with Crippen molar-refractivity contribution in [3.63, 3.8) is 0 Å². The van der Waals surface area contributed by atoms with Gasteiger partial charge in [0.2, 0.25) is 5.91 Å². The zero-order valence-electron chi connectivity index (χ0n) is 11.0. The van der Waals surface area contributed by atoms with Crippen LogP contribution in [0.15, 0.2) is 0 Å². The SMILES string of the molecule is CC.CNCCOCC(=O)N(C)C(C)C.[HH]. The summed E-state index contributed by atoms with van der Waals surface area (Å²) in [7, 11) is 3.64. The van der Waals surface area contributed by atoms with E-state index >= 15 is 0 Å². The molecule has 0 aromatic heterocycles. The molecule has 0 fully saturated rings. The van der Waals surface area contributed by atoms with Crippen LogP contribution in [0.25, 0.3) is 0 Å². The van der Waals surface area contributed by atoms with Crippen molar-refractivity contribution in [2.24, 2.45) is 0 Å². The fourth-order valence-corrected chi connectivity index (χ4v) is 0.724. The molecule has 0 spiro atoms. The van der Waals surface area contributed by atoms with Crippen molar-refractivity contribution in [2.75, 3.05) is 33.9 Å². The summed E-state index contributed by atoms with van der Waals surface area (Å²) in [4.78, 5) is 13.0. The Labute approximate surface area is 95.5 Å². The summed E-state index contributed by atoms with van der Waals surface area (Å²) in [5.74, 6) is 0.0334. The smallest absolute Gasteiger partial charge is 0.248 e. The van der Waals surface area contributed by atoms with Gasteiger partial charge in [0.25, 0.3) is 0 Å². The first-order valence-corrected chi connectivity index (χ1v) is 5.57. The van der Waals surface area contributed by atoms with E-state index in [2.05, 4.69) is 5.32 Å².